The Hall–Kier alpha value is -1.18. The summed E-state index contributed by atoms with van der Waals surface area (Å²) in [5.74, 6) is 0.171. The quantitative estimate of drug-likeness (QED) is 0.264. The van der Waals surface area contributed by atoms with E-state index in [0.717, 1.165) is 7.11 Å². The molecule has 0 bridgehead atoms. The van der Waals surface area contributed by atoms with E-state index >= 15 is 0 Å². The maximum atomic E-state index is 11.2. The molecule has 24 heavy (non-hydrogen) atoms. The van der Waals surface area contributed by atoms with Gasteiger partial charge in [-0.15, -0.1) is 4.67 Å². The lowest BCUT2D eigenvalue weighted by molar-refractivity contribution is -0.326. The van der Waals surface area contributed by atoms with Crippen molar-refractivity contribution < 1.29 is 33.4 Å². The van der Waals surface area contributed by atoms with Crippen molar-refractivity contribution in [2.75, 3.05) is 12.8 Å². The fourth-order valence-electron chi connectivity index (χ4n) is 2.17. The number of anilines is 1. The minimum absolute atomic E-state index is 0.0267. The Bertz CT molecular complexity index is 803. The molecule has 1 aliphatic heterocycles. The summed E-state index contributed by atoms with van der Waals surface area (Å²) in [6, 6.07) is 0. The van der Waals surface area contributed by atoms with Crippen LogP contribution in [0, 0.1) is 0 Å². The number of hydrogen-bond donors (Lipinski definition) is 3. The largest absolute Gasteiger partial charge is 0.499 e. The number of aliphatic hydroxyl groups is 1. The number of fused-ring (bicyclic) bond motifs is 1. The van der Waals surface area contributed by atoms with Gasteiger partial charge in [0.1, 0.15) is 12.4 Å². The van der Waals surface area contributed by atoms with E-state index in [9.17, 15) is 9.67 Å². The van der Waals surface area contributed by atoms with Crippen LogP contribution in [0.5, 0.6) is 0 Å². The number of imidazole rings is 1. The predicted molar refractivity (Wildman–Crippen MR) is 81.0 cm³/mol. The van der Waals surface area contributed by atoms with E-state index < -0.39 is 26.4 Å². The molecule has 14 heteroatoms. The van der Waals surface area contributed by atoms with Gasteiger partial charge in [0.25, 0.3) is 0 Å². The molecule has 132 valence electrons. The Balaban J connectivity index is 1.82. The molecule has 0 amide bonds. The first-order valence-electron chi connectivity index (χ1n) is 6.53. The summed E-state index contributed by atoms with van der Waals surface area (Å²) in [5.41, 5.74) is 6.41. The van der Waals surface area contributed by atoms with Gasteiger partial charge >= 0.3 is 7.82 Å². The van der Waals surface area contributed by atoms with Gasteiger partial charge in [-0.2, -0.15) is 4.89 Å². The lowest BCUT2D eigenvalue weighted by Crippen LogP contribution is -2.20. The van der Waals surface area contributed by atoms with E-state index in [1.165, 1.54) is 10.9 Å². The van der Waals surface area contributed by atoms with Gasteiger partial charge in [0, 0.05) is 13.5 Å². The van der Waals surface area contributed by atoms with Gasteiger partial charge in [0.2, 0.25) is 0 Å². The number of ether oxygens (including phenoxy) is 1. The molecule has 2 aromatic heterocycles. The maximum absolute atomic E-state index is 11.2. The Morgan fingerprint density at radius 2 is 2.29 bits per heavy atom. The fraction of sp³-hybridized carbons (Fsp3) is 0.500. The number of halogens is 1. The van der Waals surface area contributed by atoms with Crippen LogP contribution in [0.1, 0.15) is 12.6 Å². The van der Waals surface area contributed by atoms with Gasteiger partial charge in [-0.25, -0.2) is 19.5 Å². The summed E-state index contributed by atoms with van der Waals surface area (Å²) in [4.78, 5) is 25.9. The lowest BCUT2D eigenvalue weighted by atomic mass is 10.2. The molecular formula is C10H13BrN5O7P. The van der Waals surface area contributed by atoms with Gasteiger partial charge in [0.15, 0.2) is 34.2 Å². The number of rotatable bonds is 5. The molecule has 12 nitrogen and oxygen atoms in total. The Morgan fingerprint density at radius 1 is 1.54 bits per heavy atom. The van der Waals surface area contributed by atoms with E-state index in [4.69, 9.17) is 20.3 Å². The number of nitrogen functional groups attached to an aromatic ring is 1. The van der Waals surface area contributed by atoms with Crippen molar-refractivity contribution in [2.24, 2.45) is 0 Å². The molecule has 1 aliphatic rings. The first kappa shape index (κ1) is 17.6. The fourth-order valence-corrected chi connectivity index (χ4v) is 2.98. The van der Waals surface area contributed by atoms with Crippen molar-refractivity contribution in [3.8, 4) is 0 Å². The predicted octanol–water partition coefficient (Wildman–Crippen LogP) is 0.472. The summed E-state index contributed by atoms with van der Waals surface area (Å²) in [6.45, 7) is 0. The molecule has 3 heterocycles. The second kappa shape index (κ2) is 6.61. The molecular weight excluding hydrogens is 413 g/mol. The van der Waals surface area contributed by atoms with Gasteiger partial charge in [-0.05, 0) is 15.9 Å². The van der Waals surface area contributed by atoms with Gasteiger partial charge in [-0.3, -0.25) is 9.09 Å². The van der Waals surface area contributed by atoms with Crippen LogP contribution in [0.25, 0.3) is 11.2 Å². The van der Waals surface area contributed by atoms with Crippen LogP contribution in [0.15, 0.2) is 11.1 Å². The monoisotopic (exact) mass is 425 g/mol. The minimum atomic E-state index is -4.33. The second-order valence-corrected chi connectivity index (χ2v) is 6.92. The molecule has 0 radical (unpaired) electrons. The van der Waals surface area contributed by atoms with Crippen LogP contribution < -0.4 is 5.73 Å². The average molecular weight is 426 g/mol. The highest BCUT2D eigenvalue weighted by Gasteiger charge is 2.40. The Labute approximate surface area is 143 Å². The average Bonchev–Trinajstić information content (AvgIpc) is 3.06. The topological polar surface area (TPSA) is 164 Å². The smallest absolute Gasteiger partial charge is 0.388 e. The van der Waals surface area contributed by atoms with E-state index in [0.29, 0.717) is 15.9 Å². The van der Waals surface area contributed by atoms with Crippen LogP contribution in [0.3, 0.4) is 0 Å². The number of phosphoric acid groups is 1. The van der Waals surface area contributed by atoms with Gasteiger partial charge < -0.3 is 20.5 Å². The van der Waals surface area contributed by atoms with E-state index in [-0.39, 0.29) is 12.2 Å². The number of hydrogen-bond acceptors (Lipinski definition) is 10. The highest BCUT2D eigenvalue weighted by atomic mass is 79.9. The number of nitrogens with two attached hydrogens (primary N) is 1. The standard InChI is InChI=1S/C10H13BrN5O7P/c1-20-24(18,19)23-22-5-2-4(17)9(21-5)16-8-6(15-10(16)11)7(12)13-3-14-8/h3-5,9,17H,2H2,1H3,(H,18,19)(H2,12,13,14)/t4?,5-,9-/m1/s1. The van der Waals surface area contributed by atoms with Crippen LogP contribution in [-0.2, 0) is 23.4 Å². The third kappa shape index (κ3) is 3.30. The van der Waals surface area contributed by atoms with Crippen molar-refractivity contribution >= 4 is 40.7 Å². The molecule has 2 aromatic rings. The highest BCUT2D eigenvalue weighted by Crippen LogP contribution is 2.44. The number of nitrogens with zero attached hydrogens (tertiary/aromatic N) is 4. The zero-order chi connectivity index (χ0) is 17.5. The summed E-state index contributed by atoms with van der Waals surface area (Å²) >= 11 is 3.24. The molecule has 0 aromatic carbocycles. The third-order valence-electron chi connectivity index (χ3n) is 3.25. The molecule has 1 saturated heterocycles. The van der Waals surface area contributed by atoms with Crippen molar-refractivity contribution in [1.29, 1.82) is 0 Å². The maximum Gasteiger partial charge on any atom is 0.499 e. The van der Waals surface area contributed by atoms with E-state index in [1.807, 2.05) is 0 Å². The van der Waals surface area contributed by atoms with Crippen molar-refractivity contribution in [3.63, 3.8) is 0 Å². The second-order valence-electron chi connectivity index (χ2n) is 4.76. The number of aromatic nitrogens is 4. The normalized spacial score (nSPS) is 26.8. The minimum Gasteiger partial charge on any atom is -0.388 e. The van der Waals surface area contributed by atoms with Crippen LogP contribution in [0.4, 0.5) is 5.82 Å². The van der Waals surface area contributed by atoms with Crippen molar-refractivity contribution in [3.05, 3.63) is 11.1 Å². The Morgan fingerprint density at radius 3 is 3.00 bits per heavy atom. The van der Waals surface area contributed by atoms with E-state index in [2.05, 4.69) is 40.1 Å². The van der Waals surface area contributed by atoms with E-state index in [1.54, 1.807) is 0 Å². The molecule has 3 rings (SSSR count). The summed E-state index contributed by atoms with van der Waals surface area (Å²) in [7, 11) is -3.35. The zero-order valence-electron chi connectivity index (χ0n) is 12.1. The summed E-state index contributed by atoms with van der Waals surface area (Å²) < 4.78 is 27.0. The van der Waals surface area contributed by atoms with Crippen LogP contribution in [0.2, 0.25) is 0 Å². The SMILES string of the molecule is COP(=O)(O)OO[C@@H]1CC(O)[C@H](n2c(Br)nc3c(N)ncnc32)O1. The molecule has 4 atom stereocenters. The number of aliphatic hydroxyl groups excluding tert-OH is 1. The highest BCUT2D eigenvalue weighted by molar-refractivity contribution is 9.10. The molecule has 2 unspecified atom stereocenters. The lowest BCUT2D eigenvalue weighted by Gasteiger charge is -2.17. The van der Waals surface area contributed by atoms with Crippen LogP contribution in [-0.4, -0.2) is 49.0 Å². The first-order chi connectivity index (χ1) is 11.3. The summed E-state index contributed by atoms with van der Waals surface area (Å²) in [6.07, 6.45) is -1.84. The Kier molecular flexibility index (Phi) is 4.86. The molecule has 0 spiro atoms. The molecule has 4 N–H and O–H groups in total. The third-order valence-corrected chi connectivity index (χ3v) is 4.54. The van der Waals surface area contributed by atoms with Gasteiger partial charge in [-0.1, -0.05) is 0 Å². The first-order valence-corrected chi connectivity index (χ1v) is 8.82. The van der Waals surface area contributed by atoms with Crippen LogP contribution >= 0.6 is 23.8 Å². The molecule has 0 aliphatic carbocycles. The summed E-state index contributed by atoms with van der Waals surface area (Å²) in [5, 5.41) is 10.2. The van der Waals surface area contributed by atoms with Gasteiger partial charge in [0.05, 0.1) is 0 Å². The molecule has 0 saturated carbocycles. The molecule has 1 fully saturated rings. The van der Waals surface area contributed by atoms with Crippen molar-refractivity contribution in [2.45, 2.75) is 25.0 Å². The van der Waals surface area contributed by atoms with Crippen molar-refractivity contribution in [1.82, 2.24) is 19.5 Å². The zero-order valence-corrected chi connectivity index (χ0v) is 14.6. The number of phosphoric ester groups is 1.